The van der Waals surface area contributed by atoms with Gasteiger partial charge in [-0.25, -0.2) is 28.8 Å². The monoisotopic (exact) mass is 1880 g/mol. The first-order valence-corrected chi connectivity index (χ1v) is 43.8. The SMILES string of the molecule is CCc1c2c(nc3ccc(O)cc13)-c1cc3c(c(=O)n1C2)COC(=O)[C@@]3(CC)OC(=O)OCc1ccc(NC(=O)[C@H](CCCCN)NC(=O)[C@H](Cc2ccccc2)NC(=O)COCC(=O)NCCOCCOCCOCCOCCOCCOCCOCCOCCn2cc(CNC(=O)C3CCC(CN4C(=O)C=CC4=O)CC3)nn2)cc1.O=C(O)C(Cl)Cl.O=C(O)C(Cl)Cl. The molecule has 0 spiro atoms. The Balaban J connectivity index is 0.00000160. The Bertz CT molecular complexity index is 4740. The molecule has 3 aromatic carbocycles. The van der Waals surface area contributed by atoms with Gasteiger partial charge in [0.05, 0.1) is 154 Å². The third-order valence-electron chi connectivity index (χ3n) is 20.5. The Labute approximate surface area is 763 Å². The number of ether oxygens (including phenoxy) is 12. The van der Waals surface area contributed by atoms with Crippen LogP contribution >= 0.6 is 46.4 Å². The number of alkyl halides is 4. The lowest BCUT2D eigenvalue weighted by Crippen LogP contribution is -2.54. The molecule has 3 atom stereocenters. The lowest BCUT2D eigenvalue weighted by Gasteiger charge is -2.35. The second kappa shape index (κ2) is 55.6. The molecule has 39 nitrogen and oxygen atoms in total. The van der Waals surface area contributed by atoms with Gasteiger partial charge >= 0.3 is 24.1 Å². The normalized spacial score (nSPS) is 15.9. The second-order valence-corrected chi connectivity index (χ2v) is 31.8. The van der Waals surface area contributed by atoms with E-state index >= 15 is 0 Å². The molecule has 4 aliphatic rings. The summed E-state index contributed by atoms with van der Waals surface area (Å²) < 4.78 is 70.1. The van der Waals surface area contributed by atoms with Crippen molar-refractivity contribution >= 4 is 128 Å². The number of esters is 1. The molecule has 3 aliphatic heterocycles. The number of aromatic hydroxyl groups is 1. The van der Waals surface area contributed by atoms with Gasteiger partial charge in [0.2, 0.25) is 44.8 Å². The fraction of sp³-hybridized carbons (Fsp3) is 0.523. The maximum Gasteiger partial charge on any atom is 0.510 e. The van der Waals surface area contributed by atoms with E-state index in [0.717, 1.165) is 34.9 Å². The van der Waals surface area contributed by atoms with E-state index in [2.05, 4.69) is 36.9 Å². The number of aliphatic carboxylic acids is 2. The van der Waals surface area contributed by atoms with Crippen LogP contribution in [0.4, 0.5) is 10.5 Å². The molecule has 0 bridgehead atoms. The summed E-state index contributed by atoms with van der Waals surface area (Å²) in [5.74, 6) is -6.07. The number of rotatable bonds is 54. The van der Waals surface area contributed by atoms with Crippen LogP contribution in [0.3, 0.4) is 0 Å². The number of carboxylic acid groups (broad SMARTS) is 2. The number of unbranched alkanes of at least 4 members (excludes halogenated alkanes) is 1. The number of carbonyl (C=O) groups excluding carboxylic acids is 9. The summed E-state index contributed by atoms with van der Waals surface area (Å²) >= 11 is 19.1. The molecular formula is C86H110Cl4N12O27. The summed E-state index contributed by atoms with van der Waals surface area (Å²) in [5, 5.41) is 48.7. The third kappa shape index (κ3) is 34.1. The smallest absolute Gasteiger partial charge is 0.508 e. The zero-order valence-electron chi connectivity index (χ0n) is 71.6. The van der Waals surface area contributed by atoms with Crippen molar-refractivity contribution in [1.82, 2.24) is 50.7 Å². The van der Waals surface area contributed by atoms with Gasteiger partial charge < -0.3 is 109 Å². The van der Waals surface area contributed by atoms with Gasteiger partial charge in [0, 0.05) is 59.8 Å². The van der Waals surface area contributed by atoms with Gasteiger partial charge in [0.15, 0.2) is 0 Å². The molecule has 129 heavy (non-hydrogen) atoms. The molecule has 1 saturated carbocycles. The van der Waals surface area contributed by atoms with Crippen molar-refractivity contribution in [3.05, 3.63) is 147 Å². The number of nitrogens with one attached hydrogen (secondary N) is 5. The first kappa shape index (κ1) is 104. The van der Waals surface area contributed by atoms with Gasteiger partial charge in [-0.1, -0.05) is 108 Å². The van der Waals surface area contributed by atoms with E-state index in [-0.39, 0.29) is 112 Å². The Morgan fingerprint density at radius 2 is 1.22 bits per heavy atom. The van der Waals surface area contributed by atoms with E-state index in [4.69, 9.17) is 124 Å². The van der Waals surface area contributed by atoms with Crippen molar-refractivity contribution in [2.24, 2.45) is 17.6 Å². The number of amides is 7. The molecule has 7 amide bonds. The largest absolute Gasteiger partial charge is 0.510 e. The fourth-order valence-electron chi connectivity index (χ4n) is 13.9. The van der Waals surface area contributed by atoms with Gasteiger partial charge in [-0.3, -0.25) is 43.3 Å². The number of carboxylic acids is 2. The lowest BCUT2D eigenvalue weighted by molar-refractivity contribution is -0.175. The molecular weight excluding hydrogens is 1770 g/mol. The molecule has 43 heteroatoms. The molecule has 6 aromatic rings. The van der Waals surface area contributed by atoms with E-state index in [9.17, 15) is 62.6 Å². The molecule has 0 saturated heterocycles. The van der Waals surface area contributed by atoms with Gasteiger partial charge in [-0.2, -0.15) is 0 Å². The number of nitrogens with zero attached hydrogens (tertiary/aromatic N) is 6. The van der Waals surface area contributed by atoms with Crippen molar-refractivity contribution in [2.45, 2.75) is 138 Å². The van der Waals surface area contributed by atoms with E-state index in [1.807, 2.05) is 13.0 Å². The van der Waals surface area contributed by atoms with E-state index < -0.39 is 93.8 Å². The number of phenolic OH excluding ortho intramolecular Hbond substituents is 1. The van der Waals surface area contributed by atoms with Gasteiger partial charge in [-0.15, -0.1) is 5.10 Å². The fourth-order valence-corrected chi connectivity index (χ4v) is 13.9. The predicted molar refractivity (Wildman–Crippen MR) is 466 cm³/mol. The van der Waals surface area contributed by atoms with Crippen molar-refractivity contribution in [1.29, 1.82) is 0 Å². The summed E-state index contributed by atoms with van der Waals surface area (Å²) in [7, 11) is 0. The highest BCUT2D eigenvalue weighted by Gasteiger charge is 2.51. The zero-order valence-corrected chi connectivity index (χ0v) is 74.6. The molecule has 704 valence electrons. The Morgan fingerprint density at radius 3 is 1.80 bits per heavy atom. The highest BCUT2D eigenvalue weighted by Crippen LogP contribution is 2.43. The molecule has 1 aliphatic carbocycles. The van der Waals surface area contributed by atoms with Crippen molar-refractivity contribution in [2.75, 3.05) is 144 Å². The highest BCUT2D eigenvalue weighted by atomic mass is 35.5. The molecule has 10 N–H and O–H groups in total. The van der Waals surface area contributed by atoms with Crippen LogP contribution in [0, 0.1) is 11.8 Å². The van der Waals surface area contributed by atoms with Crippen LogP contribution in [0.25, 0.3) is 22.3 Å². The highest BCUT2D eigenvalue weighted by molar-refractivity contribution is 6.53. The lowest BCUT2D eigenvalue weighted by atomic mass is 9.81. The van der Waals surface area contributed by atoms with Gasteiger partial charge in [0.25, 0.3) is 17.4 Å². The predicted octanol–water partition coefficient (Wildman–Crippen LogP) is 5.64. The number of hydrogen-bond donors (Lipinski definition) is 9. The summed E-state index contributed by atoms with van der Waals surface area (Å²) in [6.07, 6.45) is 7.93. The summed E-state index contributed by atoms with van der Waals surface area (Å²) in [4.78, 5) is 155. The first-order valence-electron chi connectivity index (χ1n) is 42.1. The van der Waals surface area contributed by atoms with Gasteiger partial charge in [-0.05, 0) is 123 Å². The number of anilines is 1. The standard InChI is InChI=1S/C82H106N12O23.2C2H2Cl2O2/c1-3-62-63-45-61(95)21-22-67(63)88-75-64(62)50-93-70(75)46-66-65(79(93)103)52-115-80(104)82(66,4-2)117-81(105)116-51-57-15-19-59(20-16-57)86-77(101)68(12-8-9-25-83)89-78(102)69(44-55-10-6-5-7-11-55)87-72(97)54-114-53-71(96)84-26-28-106-30-32-108-34-36-110-38-40-112-42-43-113-41-39-111-37-35-109-33-31-107-29-27-92-49-60(90-91-92)47-85-76(100)58-17-13-56(14-18-58)48-94-73(98)23-24-74(94)99;2*3-1(4)2(5)6/h5-7,10-11,15-16,19-24,45-46,49,56,58,68-69,95H,3-4,8-9,12-14,17-18,25-44,47-48,50-54,83H2,1-2H3,(H,84,96)(H,85,100)(H,86,101)(H,87,97)(H,89,102);2*1H,(H,5,6)/t56?,58?,68-,69-,82-;;/m0../s1. The van der Waals surface area contributed by atoms with Gasteiger partial charge in [0.1, 0.15) is 50.0 Å². The molecule has 6 heterocycles. The minimum Gasteiger partial charge on any atom is -0.508 e. The first-order chi connectivity index (χ1) is 62.2. The Hall–Kier alpha value is -10.4. The number of aromatic nitrogens is 5. The van der Waals surface area contributed by atoms with Crippen LogP contribution in [-0.4, -0.2) is 270 Å². The summed E-state index contributed by atoms with van der Waals surface area (Å²) in [6, 6.07) is 19.6. The van der Waals surface area contributed by atoms with Crippen LogP contribution in [0.1, 0.15) is 104 Å². The number of nitrogens with two attached hydrogens (primary N) is 1. The maximum atomic E-state index is 14.2. The second-order valence-electron chi connectivity index (χ2n) is 29.6. The average molecular weight is 1890 g/mol. The summed E-state index contributed by atoms with van der Waals surface area (Å²) in [5.41, 5.74) is 9.19. The maximum absolute atomic E-state index is 14.2. The van der Waals surface area contributed by atoms with Crippen LogP contribution in [0.5, 0.6) is 5.75 Å². The van der Waals surface area contributed by atoms with Crippen molar-refractivity contribution in [3.63, 3.8) is 0 Å². The van der Waals surface area contributed by atoms with Crippen LogP contribution in [0.15, 0.2) is 102 Å². The third-order valence-corrected chi connectivity index (χ3v) is 21.3. The van der Waals surface area contributed by atoms with E-state index in [1.54, 1.807) is 89.1 Å². The minimum absolute atomic E-state index is 0.0305. The number of pyridine rings is 2. The number of imide groups is 1. The number of halogens is 4. The number of aryl methyl sites for hydroxylation is 1. The van der Waals surface area contributed by atoms with Crippen LogP contribution in [-0.2, 0) is 156 Å². The number of phenols is 1. The number of benzene rings is 3. The number of cyclic esters (lactones) is 1. The molecule has 1 fully saturated rings. The summed E-state index contributed by atoms with van der Waals surface area (Å²) in [6.45, 7) is 9.79. The zero-order chi connectivity index (χ0) is 93.0. The van der Waals surface area contributed by atoms with E-state index in [1.165, 1.54) is 23.1 Å². The average Bonchev–Trinajstić information content (AvgIpc) is 1.61. The Kier molecular flexibility index (Phi) is 44.8. The number of fused-ring (bicyclic) bond motifs is 5. The molecule has 0 unspecified atom stereocenters. The molecule has 0 radical (unpaired) electrons. The van der Waals surface area contributed by atoms with Crippen molar-refractivity contribution in [3.8, 4) is 17.1 Å². The van der Waals surface area contributed by atoms with E-state index in [0.29, 0.717) is 178 Å². The number of carbonyl (C=O) groups is 11. The van der Waals surface area contributed by atoms with Crippen LogP contribution in [0.2, 0.25) is 0 Å². The Morgan fingerprint density at radius 1 is 0.643 bits per heavy atom. The molecule has 3 aromatic heterocycles. The minimum atomic E-state index is -2.03. The topological polar surface area (TPSA) is 514 Å². The molecule has 10 rings (SSSR count). The number of hydrogen-bond acceptors (Lipinski definition) is 29. The quantitative estimate of drug-likeness (QED) is 0.00963. The van der Waals surface area contributed by atoms with Crippen LogP contribution < -0.4 is 37.9 Å². The van der Waals surface area contributed by atoms with Crippen molar-refractivity contribution < 1.29 is 125 Å².